The molecule has 1 N–H and O–H groups in total. The summed E-state index contributed by atoms with van der Waals surface area (Å²) in [6.45, 7) is 2.48. The molecule has 2 unspecified atom stereocenters. The molecule has 1 rings (SSSR count). The van der Waals surface area contributed by atoms with Gasteiger partial charge < -0.3 is 5.11 Å². The predicted molar refractivity (Wildman–Crippen MR) is 33.5 cm³/mol. The lowest BCUT2D eigenvalue weighted by Crippen LogP contribution is -2.08. The summed E-state index contributed by atoms with van der Waals surface area (Å²) in [5, 5.41) is 8.70. The lowest BCUT2D eigenvalue weighted by Gasteiger charge is -2.09. The van der Waals surface area contributed by atoms with Crippen LogP contribution in [0.3, 0.4) is 0 Å². The van der Waals surface area contributed by atoms with Gasteiger partial charge in [0, 0.05) is 6.61 Å². The van der Waals surface area contributed by atoms with Crippen LogP contribution < -0.4 is 0 Å². The van der Waals surface area contributed by atoms with Crippen LogP contribution in [0.2, 0.25) is 0 Å². The average Bonchev–Trinajstić information content (AvgIpc) is 2.14. The van der Waals surface area contributed by atoms with Gasteiger partial charge in [-0.1, -0.05) is 19.1 Å². The smallest absolute Gasteiger partial charge is 0.0467 e. The Morgan fingerprint density at radius 2 is 2.50 bits per heavy atom. The first kappa shape index (κ1) is 5.83. The molecule has 0 saturated heterocycles. The highest BCUT2D eigenvalue weighted by atomic mass is 16.3. The Balaban J connectivity index is 2.38. The third kappa shape index (κ3) is 0.920. The number of hydrogen-bond acceptors (Lipinski definition) is 1. The molecule has 0 aromatic rings. The number of hydrogen-bond donors (Lipinski definition) is 1. The summed E-state index contributed by atoms with van der Waals surface area (Å²) < 4.78 is 0. The van der Waals surface area contributed by atoms with Gasteiger partial charge in [0.05, 0.1) is 0 Å². The van der Waals surface area contributed by atoms with Crippen LogP contribution in [-0.2, 0) is 0 Å². The molecule has 0 bridgehead atoms. The van der Waals surface area contributed by atoms with Crippen molar-refractivity contribution < 1.29 is 5.11 Å². The van der Waals surface area contributed by atoms with Crippen LogP contribution in [0.5, 0.6) is 0 Å². The maximum absolute atomic E-state index is 8.70. The molecule has 1 nitrogen and oxygen atoms in total. The number of allylic oxidation sites excluding steroid dienone is 2. The monoisotopic (exact) mass is 112 g/mol. The number of aliphatic hydroxyl groups is 1. The molecule has 0 aromatic carbocycles. The van der Waals surface area contributed by atoms with Gasteiger partial charge in [0.25, 0.3) is 0 Å². The van der Waals surface area contributed by atoms with E-state index in [0.717, 1.165) is 6.42 Å². The highest BCUT2D eigenvalue weighted by Crippen LogP contribution is 2.23. The molecule has 0 fully saturated rings. The standard InChI is InChI=1S/C7H12O/c1-6-3-2-4-7(6)5-8/h2-3,6-8H,4-5H2,1H3. The minimum atomic E-state index is 0.341. The van der Waals surface area contributed by atoms with Gasteiger partial charge in [0.2, 0.25) is 0 Å². The van der Waals surface area contributed by atoms with E-state index in [1.54, 1.807) is 0 Å². The Morgan fingerprint density at radius 3 is 2.75 bits per heavy atom. The molecular weight excluding hydrogens is 100 g/mol. The van der Waals surface area contributed by atoms with E-state index in [1.807, 2.05) is 0 Å². The fourth-order valence-corrected chi connectivity index (χ4v) is 1.08. The summed E-state index contributed by atoms with van der Waals surface area (Å²) in [7, 11) is 0. The van der Waals surface area contributed by atoms with Crippen molar-refractivity contribution in [3.63, 3.8) is 0 Å². The highest BCUT2D eigenvalue weighted by molar-refractivity contribution is 4.98. The lowest BCUT2D eigenvalue weighted by molar-refractivity contribution is 0.209. The second-order valence-electron chi connectivity index (χ2n) is 2.47. The largest absolute Gasteiger partial charge is 0.396 e. The van der Waals surface area contributed by atoms with Crippen LogP contribution >= 0.6 is 0 Å². The van der Waals surface area contributed by atoms with Gasteiger partial charge in [-0.25, -0.2) is 0 Å². The van der Waals surface area contributed by atoms with Gasteiger partial charge in [0.1, 0.15) is 0 Å². The van der Waals surface area contributed by atoms with E-state index in [2.05, 4.69) is 19.1 Å². The van der Waals surface area contributed by atoms with Crippen molar-refractivity contribution in [2.75, 3.05) is 6.61 Å². The number of aliphatic hydroxyl groups excluding tert-OH is 1. The fourth-order valence-electron chi connectivity index (χ4n) is 1.08. The summed E-state index contributed by atoms with van der Waals surface area (Å²) in [5.74, 6) is 1.11. The molecule has 8 heavy (non-hydrogen) atoms. The molecule has 1 aliphatic carbocycles. The molecule has 1 aliphatic rings. The minimum Gasteiger partial charge on any atom is -0.396 e. The topological polar surface area (TPSA) is 20.2 Å². The van der Waals surface area contributed by atoms with E-state index in [9.17, 15) is 0 Å². The molecule has 0 saturated carbocycles. The molecule has 0 heterocycles. The van der Waals surface area contributed by atoms with Gasteiger partial charge in [-0.05, 0) is 18.3 Å². The Labute approximate surface area is 50.0 Å². The van der Waals surface area contributed by atoms with Gasteiger partial charge in [0.15, 0.2) is 0 Å². The van der Waals surface area contributed by atoms with Gasteiger partial charge in [-0.2, -0.15) is 0 Å². The quantitative estimate of drug-likeness (QED) is 0.505. The van der Waals surface area contributed by atoms with Crippen LogP contribution in [-0.4, -0.2) is 11.7 Å². The minimum absolute atomic E-state index is 0.341. The normalized spacial score (nSPS) is 36.2. The summed E-state index contributed by atoms with van der Waals surface area (Å²) in [5.41, 5.74) is 0. The van der Waals surface area contributed by atoms with Crippen molar-refractivity contribution in [2.24, 2.45) is 11.8 Å². The molecule has 0 spiro atoms. The molecule has 0 aromatic heterocycles. The molecule has 46 valence electrons. The Kier molecular flexibility index (Phi) is 1.69. The Morgan fingerprint density at radius 1 is 1.75 bits per heavy atom. The van der Waals surface area contributed by atoms with Crippen LogP contribution in [0.15, 0.2) is 12.2 Å². The van der Waals surface area contributed by atoms with E-state index in [1.165, 1.54) is 0 Å². The number of rotatable bonds is 1. The van der Waals surface area contributed by atoms with Crippen molar-refractivity contribution in [3.05, 3.63) is 12.2 Å². The zero-order chi connectivity index (χ0) is 5.98. The lowest BCUT2D eigenvalue weighted by atomic mass is 9.99. The zero-order valence-electron chi connectivity index (χ0n) is 5.17. The van der Waals surface area contributed by atoms with Gasteiger partial charge >= 0.3 is 0 Å². The Hall–Kier alpha value is -0.300. The maximum Gasteiger partial charge on any atom is 0.0467 e. The van der Waals surface area contributed by atoms with E-state index >= 15 is 0 Å². The van der Waals surface area contributed by atoms with E-state index in [0.29, 0.717) is 18.4 Å². The van der Waals surface area contributed by atoms with Crippen molar-refractivity contribution >= 4 is 0 Å². The maximum atomic E-state index is 8.70. The molecule has 0 amide bonds. The second-order valence-corrected chi connectivity index (χ2v) is 2.47. The first-order valence-electron chi connectivity index (χ1n) is 3.12. The van der Waals surface area contributed by atoms with Crippen molar-refractivity contribution in [1.82, 2.24) is 0 Å². The first-order valence-corrected chi connectivity index (χ1v) is 3.12. The third-order valence-corrected chi connectivity index (χ3v) is 1.86. The predicted octanol–water partition coefficient (Wildman–Crippen LogP) is 1.19. The van der Waals surface area contributed by atoms with Crippen molar-refractivity contribution in [3.8, 4) is 0 Å². The van der Waals surface area contributed by atoms with Crippen LogP contribution in [0.25, 0.3) is 0 Å². The first-order chi connectivity index (χ1) is 3.84. The Bertz CT molecular complexity index is 96.6. The van der Waals surface area contributed by atoms with E-state index < -0.39 is 0 Å². The summed E-state index contributed by atoms with van der Waals surface area (Å²) in [4.78, 5) is 0. The second kappa shape index (κ2) is 2.31. The summed E-state index contributed by atoms with van der Waals surface area (Å²) >= 11 is 0. The fraction of sp³-hybridized carbons (Fsp3) is 0.714. The van der Waals surface area contributed by atoms with Crippen LogP contribution in [0.4, 0.5) is 0 Å². The van der Waals surface area contributed by atoms with Gasteiger partial charge in [-0.15, -0.1) is 0 Å². The third-order valence-electron chi connectivity index (χ3n) is 1.86. The van der Waals surface area contributed by atoms with Crippen molar-refractivity contribution in [2.45, 2.75) is 13.3 Å². The average molecular weight is 112 g/mol. The molecule has 2 atom stereocenters. The molecule has 1 heteroatoms. The van der Waals surface area contributed by atoms with Crippen molar-refractivity contribution in [1.29, 1.82) is 0 Å². The van der Waals surface area contributed by atoms with E-state index in [-0.39, 0.29) is 0 Å². The zero-order valence-corrected chi connectivity index (χ0v) is 5.17. The van der Waals surface area contributed by atoms with Gasteiger partial charge in [-0.3, -0.25) is 0 Å². The summed E-state index contributed by atoms with van der Waals surface area (Å²) in [6, 6.07) is 0. The molecule has 0 aliphatic heterocycles. The van der Waals surface area contributed by atoms with Crippen LogP contribution in [0, 0.1) is 11.8 Å². The van der Waals surface area contributed by atoms with Crippen LogP contribution in [0.1, 0.15) is 13.3 Å². The molecule has 0 radical (unpaired) electrons. The summed E-state index contributed by atoms with van der Waals surface area (Å²) in [6.07, 6.45) is 5.38. The SMILES string of the molecule is CC1C=CCC1CO. The van der Waals surface area contributed by atoms with E-state index in [4.69, 9.17) is 5.11 Å². The molecular formula is C7H12O. The highest BCUT2D eigenvalue weighted by Gasteiger charge is 2.16.